The number of nitrogens with one attached hydrogen (secondary N) is 1. The molecule has 0 spiro atoms. The third-order valence-corrected chi connectivity index (χ3v) is 3.22. The molecule has 0 atom stereocenters. The number of rotatable bonds is 2. The molecule has 0 aromatic heterocycles. The second-order valence-corrected chi connectivity index (χ2v) is 4.53. The zero-order chi connectivity index (χ0) is 12.2. The summed E-state index contributed by atoms with van der Waals surface area (Å²) in [7, 11) is 0. The molecule has 2 aromatic rings. The zero-order valence-electron chi connectivity index (χ0n) is 10.3. The SMILES string of the molecule is c1ccc(CN=C2CCc3ccccc3N2)cc1. The smallest absolute Gasteiger partial charge is 0.101 e. The van der Waals surface area contributed by atoms with E-state index >= 15 is 0 Å². The van der Waals surface area contributed by atoms with Crippen LogP contribution in [0.25, 0.3) is 0 Å². The van der Waals surface area contributed by atoms with Crippen molar-refractivity contribution in [3.63, 3.8) is 0 Å². The molecule has 18 heavy (non-hydrogen) atoms. The third-order valence-electron chi connectivity index (χ3n) is 3.22. The first-order valence-electron chi connectivity index (χ1n) is 6.34. The summed E-state index contributed by atoms with van der Waals surface area (Å²) >= 11 is 0. The van der Waals surface area contributed by atoms with E-state index in [0.717, 1.165) is 25.2 Å². The maximum absolute atomic E-state index is 4.66. The molecule has 0 fully saturated rings. The van der Waals surface area contributed by atoms with Gasteiger partial charge in [0, 0.05) is 12.1 Å². The van der Waals surface area contributed by atoms with Crippen molar-refractivity contribution in [3.8, 4) is 0 Å². The highest BCUT2D eigenvalue weighted by Gasteiger charge is 2.11. The predicted molar refractivity (Wildman–Crippen MR) is 76.0 cm³/mol. The summed E-state index contributed by atoms with van der Waals surface area (Å²) in [6.07, 6.45) is 2.08. The van der Waals surface area contributed by atoms with Crippen molar-refractivity contribution < 1.29 is 0 Å². The second-order valence-electron chi connectivity index (χ2n) is 4.53. The Morgan fingerprint density at radius 2 is 1.67 bits per heavy atom. The Labute approximate surface area is 107 Å². The van der Waals surface area contributed by atoms with Crippen molar-refractivity contribution >= 4 is 11.5 Å². The number of hydrogen-bond acceptors (Lipinski definition) is 1. The summed E-state index contributed by atoms with van der Waals surface area (Å²) in [5, 5.41) is 3.42. The minimum Gasteiger partial charge on any atom is -0.344 e. The number of fused-ring (bicyclic) bond motifs is 1. The lowest BCUT2D eigenvalue weighted by atomic mass is 10.0. The van der Waals surface area contributed by atoms with Crippen molar-refractivity contribution in [2.24, 2.45) is 4.99 Å². The van der Waals surface area contributed by atoms with Crippen LogP contribution in [0.1, 0.15) is 17.5 Å². The first-order valence-corrected chi connectivity index (χ1v) is 6.34. The average Bonchev–Trinajstić information content (AvgIpc) is 2.46. The van der Waals surface area contributed by atoms with Gasteiger partial charge in [0.1, 0.15) is 5.84 Å². The molecule has 2 heteroatoms. The van der Waals surface area contributed by atoms with Crippen molar-refractivity contribution in [3.05, 3.63) is 65.7 Å². The fraction of sp³-hybridized carbons (Fsp3) is 0.188. The number of hydrogen-bond donors (Lipinski definition) is 1. The van der Waals surface area contributed by atoms with Crippen LogP contribution in [0.15, 0.2) is 59.6 Å². The van der Waals surface area contributed by atoms with Crippen molar-refractivity contribution in [2.45, 2.75) is 19.4 Å². The number of anilines is 1. The highest BCUT2D eigenvalue weighted by molar-refractivity contribution is 5.98. The molecule has 2 nitrogen and oxygen atoms in total. The first kappa shape index (κ1) is 11.0. The van der Waals surface area contributed by atoms with Crippen LogP contribution in [0.5, 0.6) is 0 Å². The molecule has 3 rings (SSSR count). The molecule has 0 bridgehead atoms. The molecule has 90 valence electrons. The van der Waals surface area contributed by atoms with E-state index in [2.05, 4.69) is 58.8 Å². The molecular formula is C16H16N2. The van der Waals surface area contributed by atoms with Crippen LogP contribution >= 0.6 is 0 Å². The molecule has 0 unspecified atom stereocenters. The van der Waals surface area contributed by atoms with Crippen molar-refractivity contribution in [2.75, 3.05) is 5.32 Å². The van der Waals surface area contributed by atoms with Gasteiger partial charge in [-0.15, -0.1) is 0 Å². The fourth-order valence-corrected chi connectivity index (χ4v) is 2.22. The molecule has 0 saturated heterocycles. The minimum atomic E-state index is 0.755. The van der Waals surface area contributed by atoms with Crippen LogP contribution in [-0.2, 0) is 13.0 Å². The highest BCUT2D eigenvalue weighted by Crippen LogP contribution is 2.22. The van der Waals surface area contributed by atoms with Gasteiger partial charge < -0.3 is 5.32 Å². The lowest BCUT2D eigenvalue weighted by Gasteiger charge is -2.19. The average molecular weight is 236 g/mol. The summed E-state index contributed by atoms with van der Waals surface area (Å²) in [4.78, 5) is 4.66. The minimum absolute atomic E-state index is 0.755. The monoisotopic (exact) mass is 236 g/mol. The Morgan fingerprint density at radius 1 is 0.889 bits per heavy atom. The highest BCUT2D eigenvalue weighted by atomic mass is 15.0. The van der Waals surface area contributed by atoms with E-state index in [-0.39, 0.29) is 0 Å². The Bertz CT molecular complexity index is 558. The maximum atomic E-state index is 4.66. The van der Waals surface area contributed by atoms with E-state index in [4.69, 9.17) is 0 Å². The first-order chi connectivity index (χ1) is 8.92. The molecule has 1 N–H and O–H groups in total. The lowest BCUT2D eigenvalue weighted by Crippen LogP contribution is -2.19. The van der Waals surface area contributed by atoms with Gasteiger partial charge in [-0.3, -0.25) is 4.99 Å². The van der Waals surface area contributed by atoms with Gasteiger partial charge in [-0.05, 0) is 23.6 Å². The van der Waals surface area contributed by atoms with Gasteiger partial charge in [0.15, 0.2) is 0 Å². The largest absolute Gasteiger partial charge is 0.344 e. The van der Waals surface area contributed by atoms with Gasteiger partial charge >= 0.3 is 0 Å². The van der Waals surface area contributed by atoms with Gasteiger partial charge in [-0.2, -0.15) is 0 Å². The Morgan fingerprint density at radius 3 is 2.56 bits per heavy atom. The van der Waals surface area contributed by atoms with E-state index < -0.39 is 0 Å². The predicted octanol–water partition coefficient (Wildman–Crippen LogP) is 3.64. The topological polar surface area (TPSA) is 24.4 Å². The van der Waals surface area contributed by atoms with Crippen LogP contribution in [0.4, 0.5) is 5.69 Å². The van der Waals surface area contributed by atoms with Gasteiger partial charge in [0.25, 0.3) is 0 Å². The molecular weight excluding hydrogens is 220 g/mol. The Hall–Kier alpha value is -2.09. The summed E-state index contributed by atoms with van der Waals surface area (Å²) in [6.45, 7) is 0.755. The standard InChI is InChI=1S/C16H16N2/c1-2-6-13(7-3-1)12-17-16-11-10-14-8-4-5-9-15(14)18-16/h1-9H,10-12H2,(H,17,18). The molecule has 0 saturated carbocycles. The Kier molecular flexibility index (Phi) is 3.09. The van der Waals surface area contributed by atoms with Crippen molar-refractivity contribution in [1.82, 2.24) is 0 Å². The molecule has 1 heterocycles. The quantitative estimate of drug-likeness (QED) is 0.845. The third kappa shape index (κ3) is 2.43. The van der Waals surface area contributed by atoms with Crippen LogP contribution in [-0.4, -0.2) is 5.84 Å². The van der Waals surface area contributed by atoms with E-state index in [1.54, 1.807) is 0 Å². The molecule has 0 aliphatic carbocycles. The molecule has 1 aliphatic heterocycles. The number of aryl methyl sites for hydroxylation is 1. The normalized spacial score (nSPS) is 16.1. The number of amidine groups is 1. The summed E-state index contributed by atoms with van der Waals surface area (Å²) < 4.78 is 0. The van der Waals surface area contributed by atoms with Crippen LogP contribution in [0.2, 0.25) is 0 Å². The maximum Gasteiger partial charge on any atom is 0.101 e. The number of aliphatic imine (C=N–C) groups is 1. The second kappa shape index (κ2) is 5.05. The molecule has 0 radical (unpaired) electrons. The van der Waals surface area contributed by atoms with E-state index in [1.165, 1.54) is 16.8 Å². The van der Waals surface area contributed by atoms with Gasteiger partial charge in [0.05, 0.1) is 6.54 Å². The fourth-order valence-electron chi connectivity index (χ4n) is 2.22. The van der Waals surface area contributed by atoms with Crippen LogP contribution in [0.3, 0.4) is 0 Å². The molecule has 0 amide bonds. The van der Waals surface area contributed by atoms with E-state index in [1.807, 2.05) is 6.07 Å². The van der Waals surface area contributed by atoms with Gasteiger partial charge in [-0.1, -0.05) is 48.5 Å². The van der Waals surface area contributed by atoms with Crippen LogP contribution < -0.4 is 5.32 Å². The summed E-state index contributed by atoms with van der Waals surface area (Å²) in [5.41, 5.74) is 3.84. The van der Waals surface area contributed by atoms with E-state index in [0.29, 0.717) is 0 Å². The number of nitrogens with zero attached hydrogens (tertiary/aromatic N) is 1. The van der Waals surface area contributed by atoms with Gasteiger partial charge in [-0.25, -0.2) is 0 Å². The number of benzene rings is 2. The summed E-state index contributed by atoms with van der Waals surface area (Å²) in [5.74, 6) is 1.09. The van der Waals surface area contributed by atoms with Crippen LogP contribution in [0, 0.1) is 0 Å². The lowest BCUT2D eigenvalue weighted by molar-refractivity contribution is 0.972. The van der Waals surface area contributed by atoms with Crippen molar-refractivity contribution in [1.29, 1.82) is 0 Å². The summed E-state index contributed by atoms with van der Waals surface area (Å²) in [6, 6.07) is 18.8. The Balaban J connectivity index is 1.72. The zero-order valence-corrected chi connectivity index (χ0v) is 10.3. The molecule has 1 aliphatic rings. The van der Waals surface area contributed by atoms with Gasteiger partial charge in [0.2, 0.25) is 0 Å². The number of para-hydroxylation sites is 1. The van der Waals surface area contributed by atoms with E-state index in [9.17, 15) is 0 Å². The molecule has 2 aromatic carbocycles.